The zero-order chi connectivity index (χ0) is 14.5. The maximum atomic E-state index is 12.8. The van der Waals surface area contributed by atoms with E-state index in [2.05, 4.69) is 4.40 Å². The van der Waals surface area contributed by atoms with Crippen LogP contribution in [0, 0.1) is 0 Å². The van der Waals surface area contributed by atoms with Crippen molar-refractivity contribution in [1.82, 2.24) is 0 Å². The fraction of sp³-hybridized carbons (Fsp3) is 0.357. The number of benzene rings is 1. The first-order valence-electron chi connectivity index (χ1n) is 5.82. The van der Waals surface area contributed by atoms with Crippen LogP contribution < -0.4 is 0 Å². The molecule has 1 rings (SSSR count). The average Bonchev–Trinajstić information content (AvgIpc) is 2.33. The number of rotatable bonds is 4. The van der Waals surface area contributed by atoms with Gasteiger partial charge in [-0.25, -0.2) is 13.0 Å². The summed E-state index contributed by atoms with van der Waals surface area (Å²) in [7, 11) is -1.69. The molecule has 0 saturated carbocycles. The van der Waals surface area contributed by atoms with Gasteiger partial charge in [-0.1, -0.05) is 36.4 Å². The van der Waals surface area contributed by atoms with Gasteiger partial charge in [-0.2, -0.15) is 4.40 Å². The molecule has 1 aromatic rings. The lowest BCUT2D eigenvalue weighted by molar-refractivity contribution is 0.227. The van der Waals surface area contributed by atoms with Gasteiger partial charge in [0.15, 0.2) is 0 Å². The van der Waals surface area contributed by atoms with Gasteiger partial charge in [-0.15, -0.1) is 0 Å². The van der Waals surface area contributed by atoms with Crippen LogP contribution in [-0.2, 0) is 11.0 Å². The number of hydrogen-bond acceptors (Lipinski definition) is 1. The van der Waals surface area contributed by atoms with E-state index in [0.717, 1.165) is 5.56 Å². The Labute approximate surface area is 114 Å². The third kappa shape index (κ3) is 5.42. The molecule has 104 valence electrons. The largest absolute Gasteiger partial charge is 0.281 e. The number of nitrogens with zero attached hydrogens (tertiary/aromatic N) is 1. The van der Waals surface area contributed by atoms with E-state index in [4.69, 9.17) is 0 Å². The summed E-state index contributed by atoms with van der Waals surface area (Å²) in [6, 6.07) is 9.05. The normalized spacial score (nSPS) is 15.2. The Morgan fingerprint density at radius 1 is 1.26 bits per heavy atom. The molecule has 0 amide bonds. The summed E-state index contributed by atoms with van der Waals surface area (Å²) in [5.41, 5.74) is 0.328. The highest BCUT2D eigenvalue weighted by atomic mass is 32.2. The van der Waals surface area contributed by atoms with Crippen molar-refractivity contribution in [3.05, 3.63) is 42.0 Å². The van der Waals surface area contributed by atoms with Crippen molar-refractivity contribution >= 4 is 22.8 Å². The van der Waals surface area contributed by atoms with E-state index < -0.39 is 27.9 Å². The molecular weight excluding hydrogens is 268 g/mol. The van der Waals surface area contributed by atoms with E-state index in [1.807, 2.05) is 18.2 Å². The highest BCUT2D eigenvalue weighted by Gasteiger charge is 2.21. The molecule has 0 N–H and O–H groups in total. The van der Waals surface area contributed by atoms with Gasteiger partial charge < -0.3 is 0 Å². The second kappa shape index (κ2) is 6.70. The first kappa shape index (κ1) is 15.7. The Kier molecular flexibility index (Phi) is 5.54. The zero-order valence-electron chi connectivity index (χ0n) is 11.1. The summed E-state index contributed by atoms with van der Waals surface area (Å²) in [6.45, 7) is 5.07. The van der Waals surface area contributed by atoms with Crippen LogP contribution in [0.1, 0.15) is 26.3 Å². The summed E-state index contributed by atoms with van der Waals surface area (Å²) in [4.78, 5) is 0. The number of halogens is 2. The summed E-state index contributed by atoms with van der Waals surface area (Å²) in [6.07, 6.45) is 0.000335. The van der Waals surface area contributed by atoms with E-state index in [9.17, 15) is 13.0 Å². The van der Waals surface area contributed by atoms with E-state index in [0.29, 0.717) is 0 Å². The predicted octanol–water partition coefficient (Wildman–Crippen LogP) is 3.87. The van der Waals surface area contributed by atoms with E-state index in [1.54, 1.807) is 32.9 Å². The highest BCUT2D eigenvalue weighted by Crippen LogP contribution is 2.14. The van der Waals surface area contributed by atoms with Crippen molar-refractivity contribution in [2.24, 2.45) is 4.40 Å². The van der Waals surface area contributed by atoms with Crippen LogP contribution in [-0.4, -0.2) is 21.1 Å². The SMILES string of the molecule is CC(C)(C)S(=O)/N=C(/C=C/c1ccccc1)C(F)F. The van der Waals surface area contributed by atoms with Crippen LogP contribution in [0.4, 0.5) is 8.78 Å². The Hall–Kier alpha value is -1.36. The lowest BCUT2D eigenvalue weighted by atomic mass is 10.2. The first-order chi connectivity index (χ1) is 8.80. The van der Waals surface area contributed by atoms with E-state index in [1.165, 1.54) is 12.2 Å². The van der Waals surface area contributed by atoms with E-state index in [-0.39, 0.29) is 0 Å². The van der Waals surface area contributed by atoms with Crippen LogP contribution in [0.25, 0.3) is 6.08 Å². The molecule has 5 heteroatoms. The molecule has 0 aliphatic rings. The van der Waals surface area contributed by atoms with Gasteiger partial charge in [0, 0.05) is 0 Å². The zero-order valence-corrected chi connectivity index (χ0v) is 12.0. The minimum atomic E-state index is -2.74. The summed E-state index contributed by atoms with van der Waals surface area (Å²) in [5.74, 6) is 0. The Morgan fingerprint density at radius 2 is 1.84 bits per heavy atom. The Bertz CT molecular complexity index is 490. The predicted molar refractivity (Wildman–Crippen MR) is 76.8 cm³/mol. The third-order valence-corrected chi connectivity index (χ3v) is 3.61. The van der Waals surface area contributed by atoms with Gasteiger partial charge in [0.05, 0.1) is 4.75 Å². The van der Waals surface area contributed by atoms with Crippen molar-refractivity contribution in [3.63, 3.8) is 0 Å². The maximum absolute atomic E-state index is 12.8. The second-order valence-corrected chi connectivity index (χ2v) is 6.83. The summed E-state index contributed by atoms with van der Waals surface area (Å²) < 4.78 is 40.4. The minimum Gasteiger partial charge on any atom is -0.234 e. The van der Waals surface area contributed by atoms with Crippen LogP contribution in [0.3, 0.4) is 0 Å². The maximum Gasteiger partial charge on any atom is 0.281 e. The molecule has 0 aromatic heterocycles. The van der Waals surface area contributed by atoms with Gasteiger partial charge in [0.2, 0.25) is 0 Å². The first-order valence-corrected chi connectivity index (χ1v) is 6.93. The van der Waals surface area contributed by atoms with Crippen LogP contribution >= 0.6 is 0 Å². The highest BCUT2D eigenvalue weighted by molar-refractivity contribution is 7.85. The standard InChI is InChI=1S/C14H17F2NOS/c1-14(2,3)19(18)17-12(13(15)16)10-9-11-7-5-4-6-8-11/h4-10,13H,1-3H3/b10-9+,17-12-. The van der Waals surface area contributed by atoms with Crippen molar-refractivity contribution in [3.8, 4) is 0 Å². The fourth-order valence-corrected chi connectivity index (χ4v) is 1.73. The molecule has 1 aromatic carbocycles. The van der Waals surface area contributed by atoms with Crippen molar-refractivity contribution in [1.29, 1.82) is 0 Å². The molecular formula is C14H17F2NOS. The minimum absolute atomic E-state index is 0.461. The second-order valence-electron chi connectivity index (χ2n) is 4.92. The topological polar surface area (TPSA) is 29.4 Å². The van der Waals surface area contributed by atoms with Crippen molar-refractivity contribution < 1.29 is 13.0 Å². The summed E-state index contributed by atoms with van der Waals surface area (Å²) in [5, 5.41) is 0. The molecule has 0 fully saturated rings. The van der Waals surface area contributed by atoms with Gasteiger partial charge >= 0.3 is 0 Å². The number of allylic oxidation sites excluding steroid dienone is 1. The molecule has 0 radical (unpaired) electrons. The van der Waals surface area contributed by atoms with Gasteiger partial charge in [0.25, 0.3) is 6.43 Å². The monoisotopic (exact) mass is 285 g/mol. The van der Waals surface area contributed by atoms with Crippen molar-refractivity contribution in [2.75, 3.05) is 0 Å². The smallest absolute Gasteiger partial charge is 0.234 e. The molecule has 0 heterocycles. The molecule has 19 heavy (non-hydrogen) atoms. The lowest BCUT2D eigenvalue weighted by Crippen LogP contribution is -2.22. The van der Waals surface area contributed by atoms with Gasteiger partial charge in [-0.3, -0.25) is 0 Å². The van der Waals surface area contributed by atoms with Crippen LogP contribution in [0.15, 0.2) is 40.8 Å². The third-order valence-electron chi connectivity index (χ3n) is 2.18. The van der Waals surface area contributed by atoms with Gasteiger partial charge in [0.1, 0.15) is 16.7 Å². The van der Waals surface area contributed by atoms with E-state index >= 15 is 0 Å². The summed E-state index contributed by atoms with van der Waals surface area (Å²) >= 11 is 0. The molecule has 1 unspecified atom stereocenters. The van der Waals surface area contributed by atoms with Crippen LogP contribution in [0.5, 0.6) is 0 Å². The molecule has 0 saturated heterocycles. The molecule has 0 spiro atoms. The lowest BCUT2D eigenvalue weighted by Gasteiger charge is -2.14. The number of alkyl halides is 2. The molecule has 0 aliphatic heterocycles. The quantitative estimate of drug-likeness (QED) is 0.772. The Morgan fingerprint density at radius 3 is 2.32 bits per heavy atom. The average molecular weight is 285 g/mol. The molecule has 0 bridgehead atoms. The Balaban J connectivity index is 2.94. The molecule has 0 aliphatic carbocycles. The number of hydrogen-bond donors (Lipinski definition) is 0. The fourth-order valence-electron chi connectivity index (χ4n) is 1.12. The molecule has 2 nitrogen and oxygen atoms in total. The van der Waals surface area contributed by atoms with Crippen LogP contribution in [0.2, 0.25) is 0 Å². The van der Waals surface area contributed by atoms with Crippen molar-refractivity contribution in [2.45, 2.75) is 31.9 Å². The molecule has 1 atom stereocenters. The van der Waals surface area contributed by atoms with Gasteiger partial charge in [-0.05, 0) is 32.4 Å².